The Morgan fingerprint density at radius 1 is 1.13 bits per heavy atom. The Balaban J connectivity index is 4.11. The molecule has 8 heteroatoms. The summed E-state index contributed by atoms with van der Waals surface area (Å²) >= 11 is 0. The van der Waals surface area contributed by atoms with E-state index in [-0.39, 0.29) is 0 Å². The molecule has 0 saturated carbocycles. The Hall–Kier alpha value is -0.920. The Kier molecular flexibility index (Phi) is 4.92. The highest BCUT2D eigenvalue weighted by Gasteiger charge is 2.58. The summed E-state index contributed by atoms with van der Waals surface area (Å²) < 4.78 is 79.1. The van der Waals surface area contributed by atoms with Gasteiger partial charge in [0.05, 0.1) is 12.9 Å². The first-order valence-electron chi connectivity index (χ1n) is 3.67. The number of rotatable bonds is 6. The molecule has 0 bridgehead atoms. The summed E-state index contributed by atoms with van der Waals surface area (Å²) in [6, 6.07) is 0. The molecule has 0 aromatic heterocycles. The van der Waals surface area contributed by atoms with Gasteiger partial charge in [0.2, 0.25) is 0 Å². The molecular formula is C7H8F6O2. The van der Waals surface area contributed by atoms with Crippen LogP contribution in [-0.2, 0) is 9.47 Å². The minimum Gasteiger partial charge on any atom is -0.499 e. The summed E-state index contributed by atoms with van der Waals surface area (Å²) in [5.41, 5.74) is 0. The second-order valence-corrected chi connectivity index (χ2v) is 2.35. The SMILES string of the molecule is C=COCCOC(F)(F)C(F)C(F)(F)F. The standard InChI is InChI=1S/C7H8F6O2/c1-2-14-3-4-15-7(12,13)5(8)6(9,10)11/h2,5H,1,3-4H2. The molecule has 0 fully saturated rings. The number of ether oxygens (including phenoxy) is 2. The maximum Gasteiger partial charge on any atom is 0.428 e. The van der Waals surface area contributed by atoms with Gasteiger partial charge in [0.15, 0.2) is 0 Å². The van der Waals surface area contributed by atoms with Crippen molar-refractivity contribution in [2.75, 3.05) is 13.2 Å². The number of halogens is 6. The van der Waals surface area contributed by atoms with Gasteiger partial charge in [-0.15, -0.1) is 0 Å². The average molecular weight is 238 g/mol. The molecule has 0 amide bonds. The number of hydrogen-bond donors (Lipinski definition) is 0. The van der Waals surface area contributed by atoms with Crippen molar-refractivity contribution >= 4 is 0 Å². The second-order valence-electron chi connectivity index (χ2n) is 2.35. The van der Waals surface area contributed by atoms with Gasteiger partial charge in [-0.1, -0.05) is 6.58 Å². The lowest BCUT2D eigenvalue weighted by molar-refractivity contribution is -0.336. The first kappa shape index (κ1) is 14.1. The van der Waals surface area contributed by atoms with Crippen molar-refractivity contribution in [1.82, 2.24) is 0 Å². The van der Waals surface area contributed by atoms with Gasteiger partial charge < -0.3 is 9.47 Å². The van der Waals surface area contributed by atoms with Crippen LogP contribution in [-0.4, -0.2) is 31.7 Å². The summed E-state index contributed by atoms with van der Waals surface area (Å²) in [5, 5.41) is 0. The molecule has 0 aliphatic heterocycles. The van der Waals surface area contributed by atoms with E-state index in [4.69, 9.17) is 0 Å². The van der Waals surface area contributed by atoms with E-state index in [2.05, 4.69) is 16.1 Å². The van der Waals surface area contributed by atoms with Crippen molar-refractivity contribution in [2.45, 2.75) is 18.5 Å². The first-order valence-corrected chi connectivity index (χ1v) is 3.67. The van der Waals surface area contributed by atoms with E-state index in [1.54, 1.807) is 0 Å². The summed E-state index contributed by atoms with van der Waals surface area (Å²) in [5.74, 6) is 0. The molecule has 2 nitrogen and oxygen atoms in total. The van der Waals surface area contributed by atoms with Gasteiger partial charge in [-0.05, 0) is 0 Å². The topological polar surface area (TPSA) is 18.5 Å². The second kappa shape index (κ2) is 5.24. The van der Waals surface area contributed by atoms with Gasteiger partial charge in [0.25, 0.3) is 6.17 Å². The Morgan fingerprint density at radius 3 is 2.07 bits per heavy atom. The van der Waals surface area contributed by atoms with Crippen LogP contribution in [0.5, 0.6) is 0 Å². The van der Waals surface area contributed by atoms with Crippen LogP contribution in [0.15, 0.2) is 12.8 Å². The highest BCUT2D eigenvalue weighted by Crippen LogP contribution is 2.35. The summed E-state index contributed by atoms with van der Waals surface area (Å²) in [6.07, 6.45) is -14.0. The van der Waals surface area contributed by atoms with Crippen molar-refractivity contribution in [3.05, 3.63) is 12.8 Å². The predicted molar refractivity (Wildman–Crippen MR) is 38.0 cm³/mol. The van der Waals surface area contributed by atoms with Crippen LogP contribution in [0.4, 0.5) is 26.3 Å². The van der Waals surface area contributed by atoms with E-state index in [0.29, 0.717) is 0 Å². The zero-order valence-electron chi connectivity index (χ0n) is 7.36. The van der Waals surface area contributed by atoms with Gasteiger partial charge >= 0.3 is 12.3 Å². The van der Waals surface area contributed by atoms with Gasteiger partial charge in [0.1, 0.15) is 6.61 Å². The molecule has 0 aromatic rings. The highest BCUT2D eigenvalue weighted by molar-refractivity contribution is 4.75. The molecular weight excluding hydrogens is 230 g/mol. The molecule has 90 valence electrons. The number of hydrogen-bond acceptors (Lipinski definition) is 2. The molecule has 0 N–H and O–H groups in total. The van der Waals surface area contributed by atoms with Gasteiger partial charge in [-0.2, -0.15) is 22.0 Å². The van der Waals surface area contributed by atoms with Gasteiger partial charge in [-0.3, -0.25) is 0 Å². The van der Waals surface area contributed by atoms with Crippen LogP contribution >= 0.6 is 0 Å². The molecule has 0 aliphatic carbocycles. The van der Waals surface area contributed by atoms with Crippen LogP contribution in [0.1, 0.15) is 0 Å². The van der Waals surface area contributed by atoms with Gasteiger partial charge in [0, 0.05) is 0 Å². The fourth-order valence-corrected chi connectivity index (χ4v) is 0.573. The van der Waals surface area contributed by atoms with Crippen molar-refractivity contribution < 1.29 is 35.8 Å². The third-order valence-electron chi connectivity index (χ3n) is 1.20. The molecule has 0 aromatic carbocycles. The minimum absolute atomic E-state index is 0.441. The van der Waals surface area contributed by atoms with E-state index in [9.17, 15) is 26.3 Å². The molecule has 1 unspecified atom stereocenters. The third-order valence-corrected chi connectivity index (χ3v) is 1.20. The molecule has 1 atom stereocenters. The Labute approximate surface area is 81.5 Å². The zero-order chi connectivity index (χ0) is 12.1. The quantitative estimate of drug-likeness (QED) is 0.402. The lowest BCUT2D eigenvalue weighted by atomic mass is 10.3. The van der Waals surface area contributed by atoms with Crippen LogP contribution in [0.2, 0.25) is 0 Å². The minimum atomic E-state index is -5.66. The smallest absolute Gasteiger partial charge is 0.428 e. The fraction of sp³-hybridized carbons (Fsp3) is 0.714. The molecule has 0 saturated heterocycles. The first-order chi connectivity index (χ1) is 6.72. The predicted octanol–water partition coefficient (Wildman–Crippen LogP) is 2.66. The number of alkyl halides is 6. The van der Waals surface area contributed by atoms with Gasteiger partial charge in [-0.25, -0.2) is 4.39 Å². The van der Waals surface area contributed by atoms with Crippen LogP contribution in [0.3, 0.4) is 0 Å². The largest absolute Gasteiger partial charge is 0.499 e. The normalized spacial score (nSPS) is 14.8. The molecule has 15 heavy (non-hydrogen) atoms. The van der Waals surface area contributed by atoms with Crippen LogP contribution in [0.25, 0.3) is 0 Å². The average Bonchev–Trinajstić information content (AvgIpc) is 2.10. The van der Waals surface area contributed by atoms with E-state index in [1.807, 2.05) is 0 Å². The van der Waals surface area contributed by atoms with E-state index >= 15 is 0 Å². The molecule has 0 radical (unpaired) electrons. The lowest BCUT2D eigenvalue weighted by Gasteiger charge is -2.22. The van der Waals surface area contributed by atoms with Crippen molar-refractivity contribution in [3.8, 4) is 0 Å². The fourth-order valence-electron chi connectivity index (χ4n) is 0.573. The Bertz CT molecular complexity index is 202. The van der Waals surface area contributed by atoms with E-state index in [0.717, 1.165) is 6.26 Å². The van der Waals surface area contributed by atoms with Crippen LogP contribution < -0.4 is 0 Å². The molecule has 0 rings (SSSR count). The third kappa shape index (κ3) is 4.91. The maximum absolute atomic E-state index is 12.3. The van der Waals surface area contributed by atoms with Crippen molar-refractivity contribution in [3.63, 3.8) is 0 Å². The monoisotopic (exact) mass is 238 g/mol. The van der Waals surface area contributed by atoms with Crippen molar-refractivity contribution in [1.29, 1.82) is 0 Å². The van der Waals surface area contributed by atoms with Crippen LogP contribution in [0, 0.1) is 0 Å². The molecule has 0 spiro atoms. The zero-order valence-corrected chi connectivity index (χ0v) is 7.36. The molecule has 0 aliphatic rings. The summed E-state index contributed by atoms with van der Waals surface area (Å²) in [7, 11) is 0. The summed E-state index contributed by atoms with van der Waals surface area (Å²) in [4.78, 5) is 0. The van der Waals surface area contributed by atoms with Crippen molar-refractivity contribution in [2.24, 2.45) is 0 Å². The highest BCUT2D eigenvalue weighted by atomic mass is 19.4. The van der Waals surface area contributed by atoms with E-state index < -0.39 is 31.7 Å². The maximum atomic E-state index is 12.3. The summed E-state index contributed by atoms with van der Waals surface area (Å²) in [6.45, 7) is 1.73. The lowest BCUT2D eigenvalue weighted by Crippen LogP contribution is -2.44. The van der Waals surface area contributed by atoms with E-state index in [1.165, 1.54) is 0 Å². The molecule has 0 heterocycles. The Morgan fingerprint density at radius 2 is 1.67 bits per heavy atom.